The van der Waals surface area contributed by atoms with E-state index in [0.717, 1.165) is 12.1 Å². The molecular weight excluding hydrogens is 240 g/mol. The number of aromatic nitrogens is 1. The van der Waals surface area contributed by atoms with Gasteiger partial charge in [0, 0.05) is 32.0 Å². The zero-order valence-electron chi connectivity index (χ0n) is 12.0. The smallest absolute Gasteiger partial charge is 0.239 e. The lowest BCUT2D eigenvalue weighted by atomic mass is 10.2. The highest BCUT2D eigenvalue weighted by atomic mass is 16.2. The third-order valence-corrected chi connectivity index (χ3v) is 2.98. The van der Waals surface area contributed by atoms with Crippen LogP contribution >= 0.6 is 0 Å². The summed E-state index contributed by atoms with van der Waals surface area (Å²) in [5.74, 6) is 0.00760. The molecule has 0 spiro atoms. The van der Waals surface area contributed by atoms with Gasteiger partial charge >= 0.3 is 0 Å². The minimum absolute atomic E-state index is 0.00760. The van der Waals surface area contributed by atoms with Crippen molar-refractivity contribution in [1.29, 1.82) is 0 Å². The molecule has 0 aliphatic carbocycles. The van der Waals surface area contributed by atoms with Gasteiger partial charge in [-0.2, -0.15) is 0 Å². The molecule has 5 nitrogen and oxygen atoms in total. The first kappa shape index (κ1) is 15.6. The fourth-order valence-electron chi connectivity index (χ4n) is 1.71. The van der Waals surface area contributed by atoms with Gasteiger partial charge in [0.15, 0.2) is 0 Å². The average Bonchev–Trinajstić information content (AvgIpc) is 2.42. The van der Waals surface area contributed by atoms with E-state index in [0.29, 0.717) is 19.5 Å². The van der Waals surface area contributed by atoms with Crippen molar-refractivity contribution in [3.8, 4) is 0 Å². The van der Waals surface area contributed by atoms with Crippen LogP contribution in [-0.4, -0.2) is 53.9 Å². The predicted octanol–water partition coefficient (Wildman–Crippen LogP) is 0.709. The van der Waals surface area contributed by atoms with Crippen LogP contribution in [0.4, 0.5) is 0 Å². The first-order valence-corrected chi connectivity index (χ1v) is 6.62. The minimum atomic E-state index is -0.418. The number of carbonyl (C=O) groups is 1. The molecule has 1 heterocycles. The van der Waals surface area contributed by atoms with Crippen molar-refractivity contribution in [2.75, 3.05) is 27.2 Å². The topological polar surface area (TPSA) is 62.5 Å². The summed E-state index contributed by atoms with van der Waals surface area (Å²) in [6.45, 7) is 3.99. The van der Waals surface area contributed by atoms with Crippen LogP contribution in [0, 0.1) is 0 Å². The maximum Gasteiger partial charge on any atom is 0.239 e. The van der Waals surface area contributed by atoms with Crippen LogP contribution in [0.15, 0.2) is 24.5 Å². The SMILES string of the molecule is CC[C@H](N)C(=O)N(CCN(C)C)Cc1cccnc1. The zero-order chi connectivity index (χ0) is 14.3. The Labute approximate surface area is 115 Å². The van der Waals surface area contributed by atoms with Crippen LogP contribution in [0.5, 0.6) is 0 Å². The van der Waals surface area contributed by atoms with E-state index >= 15 is 0 Å². The number of nitrogens with zero attached hydrogens (tertiary/aromatic N) is 3. The molecule has 0 aliphatic heterocycles. The summed E-state index contributed by atoms with van der Waals surface area (Å²) < 4.78 is 0. The molecule has 1 amide bonds. The molecule has 0 unspecified atom stereocenters. The lowest BCUT2D eigenvalue weighted by Gasteiger charge is -2.26. The van der Waals surface area contributed by atoms with Gasteiger partial charge in [-0.1, -0.05) is 13.0 Å². The van der Waals surface area contributed by atoms with Crippen molar-refractivity contribution >= 4 is 5.91 Å². The average molecular weight is 264 g/mol. The molecule has 1 rings (SSSR count). The standard InChI is InChI=1S/C14H24N4O/c1-4-13(15)14(19)18(9-8-17(2)3)11-12-6-5-7-16-10-12/h5-7,10,13H,4,8-9,11,15H2,1-3H3/t13-/m0/s1. The van der Waals surface area contributed by atoms with E-state index in [-0.39, 0.29) is 5.91 Å². The first-order valence-electron chi connectivity index (χ1n) is 6.62. The Kier molecular flexibility index (Phi) is 6.45. The monoisotopic (exact) mass is 264 g/mol. The Hall–Kier alpha value is -1.46. The maximum atomic E-state index is 12.3. The molecule has 2 N–H and O–H groups in total. The van der Waals surface area contributed by atoms with Crippen molar-refractivity contribution in [1.82, 2.24) is 14.8 Å². The van der Waals surface area contributed by atoms with Gasteiger partial charge in [0.2, 0.25) is 5.91 Å². The quantitative estimate of drug-likeness (QED) is 0.788. The van der Waals surface area contributed by atoms with Crippen molar-refractivity contribution in [2.24, 2.45) is 5.73 Å². The maximum absolute atomic E-state index is 12.3. The largest absolute Gasteiger partial charge is 0.336 e. The Balaban J connectivity index is 2.71. The highest BCUT2D eigenvalue weighted by Crippen LogP contribution is 2.06. The predicted molar refractivity (Wildman–Crippen MR) is 76.5 cm³/mol. The van der Waals surface area contributed by atoms with Crippen molar-refractivity contribution in [3.05, 3.63) is 30.1 Å². The number of hydrogen-bond donors (Lipinski definition) is 1. The van der Waals surface area contributed by atoms with Gasteiger partial charge in [-0.05, 0) is 32.1 Å². The summed E-state index contributed by atoms with van der Waals surface area (Å²) in [5.41, 5.74) is 6.88. The lowest BCUT2D eigenvalue weighted by molar-refractivity contribution is -0.133. The van der Waals surface area contributed by atoms with Crippen molar-refractivity contribution in [3.63, 3.8) is 0 Å². The highest BCUT2D eigenvalue weighted by Gasteiger charge is 2.19. The second-order valence-corrected chi connectivity index (χ2v) is 4.94. The Bertz CT molecular complexity index is 380. The van der Waals surface area contributed by atoms with Crippen LogP contribution in [-0.2, 0) is 11.3 Å². The van der Waals surface area contributed by atoms with Gasteiger partial charge in [-0.15, -0.1) is 0 Å². The van der Waals surface area contributed by atoms with Gasteiger partial charge in [-0.25, -0.2) is 0 Å². The zero-order valence-corrected chi connectivity index (χ0v) is 12.0. The summed E-state index contributed by atoms with van der Waals surface area (Å²) >= 11 is 0. The fourth-order valence-corrected chi connectivity index (χ4v) is 1.71. The third-order valence-electron chi connectivity index (χ3n) is 2.98. The number of likely N-dealkylation sites (N-methyl/N-ethyl adjacent to an activating group) is 1. The van der Waals surface area contributed by atoms with Gasteiger partial charge in [0.05, 0.1) is 6.04 Å². The normalized spacial score (nSPS) is 12.5. The second-order valence-electron chi connectivity index (χ2n) is 4.94. The number of rotatable bonds is 7. The molecule has 0 aliphatic rings. The van der Waals surface area contributed by atoms with Crippen molar-refractivity contribution < 1.29 is 4.79 Å². The Morgan fingerprint density at radius 2 is 2.16 bits per heavy atom. The second kappa shape index (κ2) is 7.86. The van der Waals surface area contributed by atoms with Gasteiger partial charge < -0.3 is 15.5 Å². The van der Waals surface area contributed by atoms with Crippen LogP contribution < -0.4 is 5.73 Å². The first-order chi connectivity index (χ1) is 9.04. The molecule has 19 heavy (non-hydrogen) atoms. The Morgan fingerprint density at radius 3 is 2.68 bits per heavy atom. The molecule has 1 aromatic heterocycles. The minimum Gasteiger partial charge on any atom is -0.336 e. The van der Waals surface area contributed by atoms with E-state index in [4.69, 9.17) is 5.73 Å². The van der Waals surface area contributed by atoms with E-state index in [2.05, 4.69) is 9.88 Å². The van der Waals surface area contributed by atoms with Crippen LogP contribution in [0.25, 0.3) is 0 Å². The number of pyridine rings is 1. The summed E-state index contributed by atoms with van der Waals surface area (Å²) in [6.07, 6.45) is 4.17. The van der Waals surface area contributed by atoms with Crippen LogP contribution in [0.1, 0.15) is 18.9 Å². The van der Waals surface area contributed by atoms with Gasteiger partial charge in [-0.3, -0.25) is 9.78 Å². The highest BCUT2D eigenvalue weighted by molar-refractivity contribution is 5.81. The number of hydrogen-bond acceptors (Lipinski definition) is 4. The van der Waals surface area contributed by atoms with E-state index in [1.807, 2.05) is 38.1 Å². The van der Waals surface area contributed by atoms with Gasteiger partial charge in [0.25, 0.3) is 0 Å². The Morgan fingerprint density at radius 1 is 1.42 bits per heavy atom. The van der Waals surface area contributed by atoms with E-state index < -0.39 is 6.04 Å². The molecule has 106 valence electrons. The molecule has 0 saturated heterocycles. The van der Waals surface area contributed by atoms with E-state index in [1.165, 1.54) is 0 Å². The molecule has 0 saturated carbocycles. The fraction of sp³-hybridized carbons (Fsp3) is 0.571. The van der Waals surface area contributed by atoms with E-state index in [1.54, 1.807) is 12.4 Å². The summed E-state index contributed by atoms with van der Waals surface area (Å²) in [4.78, 5) is 20.2. The third kappa shape index (κ3) is 5.36. The molecule has 0 fully saturated rings. The van der Waals surface area contributed by atoms with E-state index in [9.17, 15) is 4.79 Å². The summed E-state index contributed by atoms with van der Waals surface area (Å²) in [7, 11) is 3.99. The summed E-state index contributed by atoms with van der Waals surface area (Å²) in [6, 6.07) is 3.43. The molecule has 1 atom stereocenters. The number of nitrogens with two attached hydrogens (primary N) is 1. The number of amides is 1. The van der Waals surface area contributed by atoms with Crippen molar-refractivity contribution in [2.45, 2.75) is 25.9 Å². The molecule has 5 heteroatoms. The molecular formula is C14H24N4O. The molecule has 0 aromatic carbocycles. The lowest BCUT2D eigenvalue weighted by Crippen LogP contribution is -2.45. The molecule has 0 radical (unpaired) electrons. The van der Waals surface area contributed by atoms with Gasteiger partial charge in [0.1, 0.15) is 0 Å². The summed E-state index contributed by atoms with van der Waals surface area (Å²) in [5, 5.41) is 0. The molecule has 0 bridgehead atoms. The van der Waals surface area contributed by atoms with Crippen LogP contribution in [0.2, 0.25) is 0 Å². The molecule has 1 aromatic rings. The van der Waals surface area contributed by atoms with Crippen LogP contribution in [0.3, 0.4) is 0 Å². The number of carbonyl (C=O) groups excluding carboxylic acids is 1.